The van der Waals surface area contributed by atoms with Gasteiger partial charge in [-0.05, 0) is 36.8 Å². The van der Waals surface area contributed by atoms with E-state index in [2.05, 4.69) is 0 Å². The molecule has 5 nitrogen and oxygen atoms in total. The van der Waals surface area contributed by atoms with E-state index in [0.717, 1.165) is 6.07 Å². The maximum atomic E-state index is 13.3. The summed E-state index contributed by atoms with van der Waals surface area (Å²) in [5, 5.41) is 19.6. The van der Waals surface area contributed by atoms with Crippen LogP contribution >= 0.6 is 0 Å². The van der Waals surface area contributed by atoms with E-state index in [9.17, 15) is 14.5 Å². The van der Waals surface area contributed by atoms with Crippen molar-refractivity contribution in [3.63, 3.8) is 0 Å². The second-order valence-electron chi connectivity index (χ2n) is 4.41. The summed E-state index contributed by atoms with van der Waals surface area (Å²) >= 11 is 0. The highest BCUT2D eigenvalue weighted by Crippen LogP contribution is 2.27. The second kappa shape index (κ2) is 6.01. The van der Waals surface area contributed by atoms with E-state index in [1.165, 1.54) is 24.3 Å². The second-order valence-corrected chi connectivity index (χ2v) is 4.41. The molecule has 0 saturated carbocycles. The van der Waals surface area contributed by atoms with Crippen molar-refractivity contribution < 1.29 is 14.1 Å². The summed E-state index contributed by atoms with van der Waals surface area (Å²) < 4.78 is 18.8. The van der Waals surface area contributed by atoms with Crippen LogP contribution in [0.5, 0.6) is 5.75 Å². The van der Waals surface area contributed by atoms with Crippen molar-refractivity contribution in [3.05, 3.63) is 69.0 Å². The van der Waals surface area contributed by atoms with Crippen LogP contribution < -0.4 is 4.74 Å². The highest BCUT2D eigenvalue weighted by Gasteiger charge is 2.14. The SMILES string of the molecule is Cc1c(OCc2cc(F)cc(C#N)c2)cccc1[N+](=O)[O-]. The summed E-state index contributed by atoms with van der Waals surface area (Å²) in [6, 6.07) is 10.3. The zero-order valence-electron chi connectivity index (χ0n) is 11.2. The van der Waals surface area contributed by atoms with Crippen molar-refractivity contribution >= 4 is 5.69 Å². The molecule has 0 amide bonds. The first-order valence-electron chi connectivity index (χ1n) is 6.07. The average molecular weight is 286 g/mol. The van der Waals surface area contributed by atoms with Gasteiger partial charge in [0.25, 0.3) is 5.69 Å². The topological polar surface area (TPSA) is 76.2 Å². The standard InChI is InChI=1S/C15H11FN2O3/c1-10-14(18(19)20)3-2-4-15(10)21-9-12-5-11(8-17)6-13(16)7-12/h2-7H,9H2,1H3. The zero-order valence-corrected chi connectivity index (χ0v) is 11.2. The Morgan fingerprint density at radius 2 is 2.14 bits per heavy atom. The fraction of sp³-hybridized carbons (Fsp3) is 0.133. The van der Waals surface area contributed by atoms with Gasteiger partial charge in [0.15, 0.2) is 0 Å². The third kappa shape index (κ3) is 3.34. The maximum Gasteiger partial charge on any atom is 0.276 e. The fourth-order valence-electron chi connectivity index (χ4n) is 1.92. The minimum Gasteiger partial charge on any atom is -0.488 e. The molecule has 2 rings (SSSR count). The van der Waals surface area contributed by atoms with E-state index in [4.69, 9.17) is 10.00 Å². The molecule has 0 heterocycles. The number of benzene rings is 2. The van der Waals surface area contributed by atoms with Gasteiger partial charge < -0.3 is 4.74 Å². The van der Waals surface area contributed by atoms with Crippen LogP contribution in [0, 0.1) is 34.2 Å². The van der Waals surface area contributed by atoms with Gasteiger partial charge in [-0.25, -0.2) is 4.39 Å². The third-order valence-corrected chi connectivity index (χ3v) is 2.93. The number of nitriles is 1. The van der Waals surface area contributed by atoms with E-state index in [1.54, 1.807) is 13.0 Å². The molecule has 0 aliphatic heterocycles. The van der Waals surface area contributed by atoms with Crippen LogP contribution in [0.1, 0.15) is 16.7 Å². The monoisotopic (exact) mass is 286 g/mol. The van der Waals surface area contributed by atoms with E-state index in [-0.39, 0.29) is 17.9 Å². The Balaban J connectivity index is 2.21. The minimum absolute atomic E-state index is 0.0223. The lowest BCUT2D eigenvalue weighted by molar-refractivity contribution is -0.385. The van der Waals surface area contributed by atoms with Crippen LogP contribution in [0.25, 0.3) is 0 Å². The highest BCUT2D eigenvalue weighted by atomic mass is 19.1. The molecule has 0 spiro atoms. The van der Waals surface area contributed by atoms with Crippen LogP contribution in [0.2, 0.25) is 0 Å². The summed E-state index contributed by atoms with van der Waals surface area (Å²) in [6.07, 6.45) is 0. The number of nitro groups is 1. The number of hydrogen-bond donors (Lipinski definition) is 0. The Bertz CT molecular complexity index is 738. The van der Waals surface area contributed by atoms with Crippen molar-refractivity contribution in [1.29, 1.82) is 5.26 Å². The Hall–Kier alpha value is -2.94. The molecule has 0 fully saturated rings. The van der Waals surface area contributed by atoms with Crippen molar-refractivity contribution in [3.8, 4) is 11.8 Å². The quantitative estimate of drug-likeness (QED) is 0.636. The maximum absolute atomic E-state index is 13.3. The summed E-state index contributed by atoms with van der Waals surface area (Å²) in [5.74, 6) is -0.171. The van der Waals surface area contributed by atoms with E-state index in [1.807, 2.05) is 6.07 Å². The van der Waals surface area contributed by atoms with E-state index in [0.29, 0.717) is 16.9 Å². The predicted molar refractivity (Wildman–Crippen MR) is 73.3 cm³/mol. The van der Waals surface area contributed by atoms with Gasteiger partial charge in [-0.1, -0.05) is 6.07 Å². The lowest BCUT2D eigenvalue weighted by Gasteiger charge is -2.09. The van der Waals surface area contributed by atoms with Crippen LogP contribution in [-0.4, -0.2) is 4.92 Å². The lowest BCUT2D eigenvalue weighted by atomic mass is 10.1. The molecule has 0 unspecified atom stereocenters. The van der Waals surface area contributed by atoms with Crippen molar-refractivity contribution in [2.24, 2.45) is 0 Å². The molecule has 2 aromatic rings. The number of nitro benzene ring substituents is 1. The van der Waals surface area contributed by atoms with Crippen molar-refractivity contribution in [1.82, 2.24) is 0 Å². The summed E-state index contributed by atoms with van der Waals surface area (Å²) in [5.41, 5.74) is 1.05. The first-order valence-corrected chi connectivity index (χ1v) is 6.07. The number of rotatable bonds is 4. The average Bonchev–Trinajstić information content (AvgIpc) is 2.45. The van der Waals surface area contributed by atoms with Crippen LogP contribution in [0.15, 0.2) is 36.4 Å². The smallest absolute Gasteiger partial charge is 0.276 e. The predicted octanol–water partition coefficient (Wildman–Crippen LogP) is 3.49. The summed E-state index contributed by atoms with van der Waals surface area (Å²) in [7, 11) is 0. The van der Waals surface area contributed by atoms with Gasteiger partial charge in [0.05, 0.1) is 22.1 Å². The molecule has 0 bridgehead atoms. The Kier molecular flexibility index (Phi) is 4.14. The van der Waals surface area contributed by atoms with Crippen LogP contribution in [0.3, 0.4) is 0 Å². The van der Waals surface area contributed by atoms with E-state index < -0.39 is 10.7 Å². The molecule has 0 saturated heterocycles. The van der Waals surface area contributed by atoms with Gasteiger partial charge in [-0.3, -0.25) is 10.1 Å². The molecule has 0 atom stereocenters. The van der Waals surface area contributed by atoms with Gasteiger partial charge in [0.1, 0.15) is 18.2 Å². The van der Waals surface area contributed by atoms with Gasteiger partial charge in [-0.2, -0.15) is 5.26 Å². The third-order valence-electron chi connectivity index (χ3n) is 2.93. The Morgan fingerprint density at radius 3 is 2.81 bits per heavy atom. The molecule has 0 aromatic heterocycles. The first-order chi connectivity index (χ1) is 10.0. The van der Waals surface area contributed by atoms with Crippen LogP contribution in [0.4, 0.5) is 10.1 Å². The molecular weight excluding hydrogens is 275 g/mol. The molecular formula is C15H11FN2O3. The van der Waals surface area contributed by atoms with Gasteiger partial charge in [-0.15, -0.1) is 0 Å². The van der Waals surface area contributed by atoms with Crippen LogP contribution in [-0.2, 0) is 6.61 Å². The summed E-state index contributed by atoms with van der Waals surface area (Å²) in [4.78, 5) is 10.4. The molecule has 6 heteroatoms. The molecule has 2 aromatic carbocycles. The van der Waals surface area contributed by atoms with E-state index >= 15 is 0 Å². The van der Waals surface area contributed by atoms with Gasteiger partial charge in [0.2, 0.25) is 0 Å². The Morgan fingerprint density at radius 1 is 1.38 bits per heavy atom. The van der Waals surface area contributed by atoms with Crippen molar-refractivity contribution in [2.45, 2.75) is 13.5 Å². The number of hydrogen-bond acceptors (Lipinski definition) is 4. The Labute approximate surface area is 120 Å². The molecule has 106 valence electrons. The molecule has 21 heavy (non-hydrogen) atoms. The highest BCUT2D eigenvalue weighted by molar-refractivity contribution is 5.48. The number of nitrogens with zero attached hydrogens (tertiary/aromatic N) is 2. The van der Waals surface area contributed by atoms with Gasteiger partial charge >= 0.3 is 0 Å². The zero-order chi connectivity index (χ0) is 15.4. The van der Waals surface area contributed by atoms with Crippen molar-refractivity contribution in [2.75, 3.05) is 0 Å². The normalized spacial score (nSPS) is 9.95. The van der Waals surface area contributed by atoms with Gasteiger partial charge in [0, 0.05) is 6.07 Å². The fourth-order valence-corrected chi connectivity index (χ4v) is 1.92. The molecule has 0 aliphatic carbocycles. The summed E-state index contributed by atoms with van der Waals surface area (Å²) in [6.45, 7) is 1.61. The molecule has 0 N–H and O–H groups in total. The number of halogens is 1. The number of ether oxygens (including phenoxy) is 1. The first kappa shape index (κ1) is 14.5. The minimum atomic E-state index is -0.525. The lowest BCUT2D eigenvalue weighted by Crippen LogP contribution is -2.00. The largest absolute Gasteiger partial charge is 0.488 e. The molecule has 0 radical (unpaired) electrons. The molecule has 0 aliphatic rings.